The lowest BCUT2D eigenvalue weighted by Gasteiger charge is -2.43. The number of benzene rings is 3. The van der Waals surface area contributed by atoms with E-state index in [4.69, 9.17) is 9.47 Å². The Bertz CT molecular complexity index is 1890. The third-order valence-electron chi connectivity index (χ3n) is 10.3. The Morgan fingerprint density at radius 3 is 2.48 bits per heavy atom. The number of fused-ring (bicyclic) bond motifs is 4. The van der Waals surface area contributed by atoms with E-state index >= 15 is 0 Å². The van der Waals surface area contributed by atoms with Crippen LogP contribution in [0.25, 0.3) is 10.9 Å². The van der Waals surface area contributed by atoms with Gasteiger partial charge in [-0.1, -0.05) is 55.0 Å². The Labute approximate surface area is 302 Å². The molecule has 7 rings (SSSR count). The van der Waals surface area contributed by atoms with E-state index in [-0.39, 0.29) is 35.9 Å². The number of nitrogens with zero attached hydrogens (tertiary/aromatic N) is 1. The number of aromatic amines is 1. The molecule has 3 fully saturated rings. The molecule has 0 spiro atoms. The molecule has 6 N–H and O–H groups in total. The molecule has 4 heterocycles. The summed E-state index contributed by atoms with van der Waals surface area (Å²) in [5.74, 6) is -0.363. The summed E-state index contributed by atoms with van der Waals surface area (Å²) in [6.07, 6.45) is 2.96. The van der Waals surface area contributed by atoms with Crippen LogP contribution in [0.2, 0.25) is 0 Å². The van der Waals surface area contributed by atoms with Gasteiger partial charge in [-0.15, -0.1) is 0 Å². The molecule has 3 saturated heterocycles. The average molecular weight is 713 g/mol. The fourth-order valence-electron chi connectivity index (χ4n) is 7.35. The lowest BCUT2D eigenvalue weighted by molar-refractivity contribution is -0.154. The number of hydrogen-bond acceptors (Lipinski definition) is 9. The Morgan fingerprint density at radius 1 is 0.981 bits per heavy atom. The number of alkyl carbamates (subject to hydrolysis) is 1. The number of aliphatic carboxylic acids is 1. The molecule has 12 heteroatoms. The predicted octanol–water partition coefficient (Wildman–Crippen LogP) is 5.25. The van der Waals surface area contributed by atoms with Crippen molar-refractivity contribution < 1.29 is 34.4 Å². The number of aromatic nitrogens is 1. The number of nitrogens with one attached hydrogen (secondary N) is 3. The van der Waals surface area contributed by atoms with E-state index in [0.29, 0.717) is 35.6 Å². The highest BCUT2D eigenvalue weighted by Crippen LogP contribution is 2.32. The number of phenols is 1. The lowest BCUT2D eigenvalue weighted by Crippen LogP contribution is -2.52. The van der Waals surface area contributed by atoms with Crippen molar-refractivity contribution in [1.82, 2.24) is 20.5 Å². The zero-order valence-electron chi connectivity index (χ0n) is 29.4. The van der Waals surface area contributed by atoms with Crippen LogP contribution in [0.15, 0.2) is 83.7 Å². The number of hydrogen-bond donors (Lipinski definition) is 6. The highest BCUT2D eigenvalue weighted by molar-refractivity contribution is 5.87. The van der Waals surface area contributed by atoms with Crippen molar-refractivity contribution in [2.24, 2.45) is 5.92 Å². The van der Waals surface area contributed by atoms with Gasteiger partial charge in [0, 0.05) is 24.5 Å². The predicted molar refractivity (Wildman–Crippen MR) is 196 cm³/mol. The van der Waals surface area contributed by atoms with Crippen molar-refractivity contribution in [2.45, 2.75) is 69.3 Å². The number of pyridine rings is 1. The maximum atomic E-state index is 13.2. The summed E-state index contributed by atoms with van der Waals surface area (Å²) in [6.45, 7) is 5.30. The first-order valence-corrected chi connectivity index (χ1v) is 18.1. The zero-order chi connectivity index (χ0) is 36.7. The number of carbonyl (C=O) groups excluding carboxylic acids is 1. The first kappa shape index (κ1) is 36.9. The number of amides is 1. The monoisotopic (exact) mass is 712 g/mol. The van der Waals surface area contributed by atoms with Gasteiger partial charge in [0.15, 0.2) is 0 Å². The van der Waals surface area contributed by atoms with E-state index in [9.17, 15) is 29.7 Å². The molecular formula is C40H48N4O8. The zero-order valence-corrected chi connectivity index (χ0v) is 29.4. The van der Waals surface area contributed by atoms with E-state index in [1.165, 1.54) is 12.1 Å². The van der Waals surface area contributed by atoms with E-state index in [2.05, 4.69) is 20.5 Å². The molecule has 4 atom stereocenters. The minimum absolute atomic E-state index is 0.0632. The number of aromatic hydroxyl groups is 1. The molecule has 3 aliphatic heterocycles. The quantitative estimate of drug-likeness (QED) is 0.0843. The number of ether oxygens (including phenoxy) is 2. The number of H-pyrrole nitrogens is 1. The largest absolute Gasteiger partial charge is 0.506 e. The minimum Gasteiger partial charge on any atom is -0.506 e. The lowest BCUT2D eigenvalue weighted by atomic mass is 9.86. The maximum absolute atomic E-state index is 13.2. The highest BCUT2D eigenvalue weighted by Gasteiger charge is 2.37. The van der Waals surface area contributed by atoms with Gasteiger partial charge in [-0.05, 0) is 106 Å². The van der Waals surface area contributed by atoms with Crippen LogP contribution in [-0.4, -0.2) is 81.7 Å². The van der Waals surface area contributed by atoms with Gasteiger partial charge in [0.1, 0.15) is 17.6 Å². The molecule has 1 amide bonds. The van der Waals surface area contributed by atoms with E-state index in [0.717, 1.165) is 56.4 Å². The molecule has 12 nitrogen and oxygen atoms in total. The number of piperidine rings is 3. The summed E-state index contributed by atoms with van der Waals surface area (Å²) in [5, 5.41) is 38.0. The molecule has 3 aliphatic rings. The van der Waals surface area contributed by atoms with Gasteiger partial charge < -0.3 is 40.4 Å². The fraction of sp³-hybridized carbons (Fsp3) is 0.425. The SMILES string of the molecule is CC(CCCCCNC[C@@H](O)c1ccc(O)c2[nH]c(=O)ccc12)(Oc1cccc(C(NC(=O)O[C@H]2CN3CCC2CC3)c2ccccc2)c1)C(=O)O. The van der Waals surface area contributed by atoms with Crippen LogP contribution >= 0.6 is 0 Å². The highest BCUT2D eigenvalue weighted by atomic mass is 16.6. The van der Waals surface area contributed by atoms with Crippen molar-refractivity contribution in [1.29, 1.82) is 0 Å². The van der Waals surface area contributed by atoms with Crippen molar-refractivity contribution in [3.05, 3.63) is 106 Å². The molecule has 276 valence electrons. The molecule has 3 aromatic carbocycles. The van der Waals surface area contributed by atoms with Crippen LogP contribution in [0.4, 0.5) is 4.79 Å². The maximum Gasteiger partial charge on any atom is 0.408 e. The first-order chi connectivity index (χ1) is 25.1. The number of aliphatic hydroxyl groups is 1. The summed E-state index contributed by atoms with van der Waals surface area (Å²) in [7, 11) is 0. The summed E-state index contributed by atoms with van der Waals surface area (Å²) in [5.41, 5.74) is 0.655. The number of carboxylic acid groups (broad SMARTS) is 1. The van der Waals surface area contributed by atoms with Crippen LogP contribution in [0, 0.1) is 5.92 Å². The van der Waals surface area contributed by atoms with Crippen LogP contribution < -0.4 is 20.9 Å². The second kappa shape index (κ2) is 16.6. The summed E-state index contributed by atoms with van der Waals surface area (Å²) in [4.78, 5) is 42.4. The molecule has 0 aliphatic carbocycles. The molecule has 52 heavy (non-hydrogen) atoms. The molecule has 1 aromatic heterocycles. The standard InChI is InChI=1S/C40H48N4O8/c1-40(38(48)49,19-6-3-7-20-41-24-33(46)30-13-15-32(45)37-31(30)14-16-35(47)42-37)52-29-12-8-11-28(23-29)36(27-9-4-2-5-10-27)43-39(50)51-34-25-44-21-17-26(34)18-22-44/h2,4-5,8-16,23,26,33-34,36,41,45-46H,3,6-7,17-22,24-25H2,1H3,(H,42,47)(H,43,50)(H,48,49)/t33-,34+,36?,40?/m1/s1. The number of rotatable bonds is 16. The molecule has 0 radical (unpaired) electrons. The van der Waals surface area contributed by atoms with Crippen molar-refractivity contribution in [3.63, 3.8) is 0 Å². The van der Waals surface area contributed by atoms with E-state index in [1.54, 1.807) is 37.3 Å². The number of carbonyl (C=O) groups is 2. The van der Waals surface area contributed by atoms with Gasteiger partial charge in [0.25, 0.3) is 0 Å². The second-order valence-corrected chi connectivity index (χ2v) is 14.1. The van der Waals surface area contributed by atoms with Gasteiger partial charge in [-0.3, -0.25) is 9.69 Å². The van der Waals surface area contributed by atoms with Crippen LogP contribution in [0.1, 0.15) is 74.3 Å². The summed E-state index contributed by atoms with van der Waals surface area (Å²) >= 11 is 0. The van der Waals surface area contributed by atoms with Crippen LogP contribution in [0.5, 0.6) is 11.5 Å². The van der Waals surface area contributed by atoms with Gasteiger partial charge in [-0.2, -0.15) is 0 Å². The first-order valence-electron chi connectivity index (χ1n) is 18.1. The molecular weight excluding hydrogens is 664 g/mol. The number of phenolic OH excluding ortho intramolecular Hbond substituents is 1. The topological polar surface area (TPSA) is 173 Å². The van der Waals surface area contributed by atoms with Gasteiger partial charge >= 0.3 is 12.1 Å². The Morgan fingerprint density at radius 2 is 1.75 bits per heavy atom. The van der Waals surface area contributed by atoms with Gasteiger partial charge in [0.2, 0.25) is 11.2 Å². The number of carboxylic acids is 1. The Hall–Kier alpha value is -4.91. The average Bonchev–Trinajstić information content (AvgIpc) is 3.14. The van der Waals surface area contributed by atoms with E-state index in [1.807, 2.05) is 36.4 Å². The van der Waals surface area contributed by atoms with Crippen LogP contribution in [-0.2, 0) is 9.53 Å². The van der Waals surface area contributed by atoms with Crippen molar-refractivity contribution in [3.8, 4) is 11.5 Å². The van der Waals surface area contributed by atoms with Crippen LogP contribution in [0.3, 0.4) is 0 Å². The fourth-order valence-corrected chi connectivity index (χ4v) is 7.35. The molecule has 2 bridgehead atoms. The Kier molecular flexibility index (Phi) is 11.8. The minimum atomic E-state index is -1.48. The Balaban J connectivity index is 1.02. The van der Waals surface area contributed by atoms with Crippen molar-refractivity contribution in [2.75, 3.05) is 32.7 Å². The molecule has 4 aromatic rings. The third-order valence-corrected chi connectivity index (χ3v) is 10.3. The van der Waals surface area contributed by atoms with Crippen molar-refractivity contribution >= 4 is 23.0 Å². The third kappa shape index (κ3) is 8.93. The van der Waals surface area contributed by atoms with Gasteiger partial charge in [-0.25, -0.2) is 9.59 Å². The molecule has 2 unspecified atom stereocenters. The molecule has 0 saturated carbocycles. The number of aliphatic hydroxyl groups excluding tert-OH is 1. The smallest absolute Gasteiger partial charge is 0.408 e. The summed E-state index contributed by atoms with van der Waals surface area (Å²) < 4.78 is 12.1. The van der Waals surface area contributed by atoms with Gasteiger partial charge in [0.05, 0.1) is 17.7 Å². The second-order valence-electron chi connectivity index (χ2n) is 14.1. The van der Waals surface area contributed by atoms with E-state index < -0.39 is 29.8 Å². The summed E-state index contributed by atoms with van der Waals surface area (Å²) in [6, 6.07) is 22.3. The number of unbranched alkanes of at least 4 members (excludes halogenated alkanes) is 2. The normalized spacial score (nSPS) is 20.5.